The van der Waals surface area contributed by atoms with Crippen LogP contribution in [-0.4, -0.2) is 48.5 Å². The first-order chi connectivity index (χ1) is 23.4. The van der Waals surface area contributed by atoms with Crippen LogP contribution in [0, 0.1) is 5.82 Å². The molecule has 2 atom stereocenters. The first kappa shape index (κ1) is 35.3. The predicted octanol–water partition coefficient (Wildman–Crippen LogP) is 10.2. The van der Waals surface area contributed by atoms with Crippen LogP contribution in [0.15, 0.2) is 89.9 Å². The number of carbonyl (C=O) groups is 1. The minimum Gasteiger partial charge on any atom is -0.462 e. The first-order valence-corrected chi connectivity index (χ1v) is 18.3. The lowest BCUT2D eigenvalue weighted by Crippen LogP contribution is -2.38. The van der Waals surface area contributed by atoms with Gasteiger partial charge in [-0.3, -0.25) is 4.90 Å². The number of likely N-dealkylation sites (N-methyl/N-ethyl adjacent to an activating group) is 1. The summed E-state index contributed by atoms with van der Waals surface area (Å²) in [6.07, 6.45) is 7.17. The van der Waals surface area contributed by atoms with E-state index < -0.39 is 0 Å². The number of esters is 1. The molecule has 0 aliphatic carbocycles. The Bertz CT molecular complexity index is 1610. The van der Waals surface area contributed by atoms with E-state index in [0.29, 0.717) is 22.9 Å². The molecular weight excluding hydrogens is 620 g/mol. The number of hydrogen-bond donors (Lipinski definition) is 1. The second kappa shape index (κ2) is 17.4. The number of ether oxygens (including phenoxy) is 1. The molecule has 1 aromatic heterocycles. The van der Waals surface area contributed by atoms with Gasteiger partial charge in [-0.2, -0.15) is 0 Å². The van der Waals surface area contributed by atoms with Crippen molar-refractivity contribution >= 4 is 34.0 Å². The fourth-order valence-electron chi connectivity index (χ4n) is 6.50. The Morgan fingerprint density at radius 3 is 2.08 bits per heavy atom. The van der Waals surface area contributed by atoms with Crippen LogP contribution in [0.25, 0.3) is 0 Å². The second-order valence-corrected chi connectivity index (χ2v) is 13.5. The van der Waals surface area contributed by atoms with E-state index in [2.05, 4.69) is 84.5 Å². The van der Waals surface area contributed by atoms with Gasteiger partial charge in [0.05, 0.1) is 12.6 Å². The fourth-order valence-corrected chi connectivity index (χ4v) is 7.87. The average molecular weight is 669 g/mol. The Labute approximate surface area is 289 Å². The molecule has 1 aliphatic heterocycles. The maximum absolute atomic E-state index is 14.0. The highest BCUT2D eigenvalue weighted by Crippen LogP contribution is 2.50. The second-order valence-electron chi connectivity index (χ2n) is 12.4. The number of nitrogens with zero attached hydrogens (tertiary/aromatic N) is 3. The fraction of sp³-hybridized carbons (Fsp3) is 0.400. The van der Waals surface area contributed by atoms with Gasteiger partial charge >= 0.3 is 5.97 Å². The Kier molecular flexibility index (Phi) is 12.8. The van der Waals surface area contributed by atoms with Crippen LogP contribution in [0.5, 0.6) is 0 Å². The van der Waals surface area contributed by atoms with Crippen molar-refractivity contribution in [2.24, 2.45) is 4.99 Å². The largest absolute Gasteiger partial charge is 0.462 e. The Morgan fingerprint density at radius 1 is 0.896 bits per heavy atom. The molecule has 0 amide bonds. The van der Waals surface area contributed by atoms with Crippen molar-refractivity contribution in [2.45, 2.75) is 77.8 Å². The van der Waals surface area contributed by atoms with Gasteiger partial charge in [0, 0.05) is 29.7 Å². The first-order valence-electron chi connectivity index (χ1n) is 17.5. The van der Waals surface area contributed by atoms with Crippen molar-refractivity contribution in [3.05, 3.63) is 118 Å². The van der Waals surface area contributed by atoms with Crippen molar-refractivity contribution in [2.75, 3.05) is 32.1 Å². The van der Waals surface area contributed by atoms with E-state index >= 15 is 0 Å². The predicted molar refractivity (Wildman–Crippen MR) is 197 cm³/mol. The SMILES string of the molecule is CCCCCN(CCCCC)/C(=N\c1sc2c(c1C(=O)OCC)CC(c1ccccc1)N(C)C2c1ccccc1)Nc1ccc(F)cc1. The van der Waals surface area contributed by atoms with E-state index in [1.165, 1.54) is 23.3 Å². The number of anilines is 1. The van der Waals surface area contributed by atoms with Crippen LogP contribution in [0.1, 0.15) is 103 Å². The van der Waals surface area contributed by atoms with Crippen LogP contribution in [0.4, 0.5) is 15.1 Å². The number of guanidine groups is 1. The molecule has 8 heteroatoms. The van der Waals surface area contributed by atoms with Gasteiger partial charge in [0.2, 0.25) is 5.96 Å². The summed E-state index contributed by atoms with van der Waals surface area (Å²) in [7, 11) is 2.18. The summed E-state index contributed by atoms with van der Waals surface area (Å²) >= 11 is 1.58. The van der Waals surface area contributed by atoms with E-state index in [9.17, 15) is 9.18 Å². The number of aliphatic imine (C=N–C) groups is 1. The van der Waals surface area contributed by atoms with Gasteiger partial charge in [-0.15, -0.1) is 11.3 Å². The van der Waals surface area contributed by atoms with Gasteiger partial charge < -0.3 is 15.0 Å². The topological polar surface area (TPSA) is 57.2 Å². The highest BCUT2D eigenvalue weighted by molar-refractivity contribution is 7.16. The third-order valence-electron chi connectivity index (χ3n) is 9.01. The molecule has 5 rings (SSSR count). The van der Waals surface area contributed by atoms with Crippen LogP contribution < -0.4 is 5.32 Å². The summed E-state index contributed by atoms with van der Waals surface area (Å²) in [5, 5.41) is 4.17. The third kappa shape index (κ3) is 8.52. The molecule has 0 spiro atoms. The lowest BCUT2D eigenvalue weighted by Gasteiger charge is -2.40. The van der Waals surface area contributed by atoms with Gasteiger partial charge in [-0.05, 0) is 74.2 Å². The monoisotopic (exact) mass is 668 g/mol. The number of halogens is 1. The Balaban J connectivity index is 1.69. The molecule has 2 heterocycles. The molecule has 0 saturated heterocycles. The molecule has 1 aliphatic rings. The Hall–Kier alpha value is -4.01. The number of fused-ring (bicyclic) bond motifs is 1. The van der Waals surface area contributed by atoms with Crippen molar-refractivity contribution in [3.63, 3.8) is 0 Å². The molecule has 0 saturated carbocycles. The standard InChI is InChI=1S/C40H49FN4O2S/c1-5-8-16-26-45(27-17-9-6-2)40(42-32-24-22-31(41)23-25-32)43-38-35(39(46)47-7-3)33-28-34(29-18-12-10-13-19-29)44(4)36(37(33)48-38)30-20-14-11-15-21-30/h10-15,18-25,34,36H,5-9,16-17,26-28H2,1-4H3,(H,42,43). The maximum atomic E-state index is 14.0. The average Bonchev–Trinajstić information content (AvgIpc) is 3.46. The molecule has 0 fully saturated rings. The smallest absolute Gasteiger partial charge is 0.341 e. The number of thiophene rings is 1. The molecule has 2 unspecified atom stereocenters. The minimum absolute atomic E-state index is 0.0555. The van der Waals surface area contributed by atoms with Crippen molar-refractivity contribution in [1.29, 1.82) is 0 Å². The summed E-state index contributed by atoms with van der Waals surface area (Å²) in [4.78, 5) is 25.1. The van der Waals surface area contributed by atoms with E-state index in [-0.39, 0.29) is 30.5 Å². The maximum Gasteiger partial charge on any atom is 0.341 e. The third-order valence-corrected chi connectivity index (χ3v) is 10.2. The summed E-state index contributed by atoms with van der Waals surface area (Å²) in [6.45, 7) is 8.19. The lowest BCUT2D eigenvalue weighted by molar-refractivity contribution is 0.0525. The van der Waals surface area contributed by atoms with Crippen molar-refractivity contribution < 1.29 is 13.9 Å². The zero-order valence-corrected chi connectivity index (χ0v) is 29.6. The lowest BCUT2D eigenvalue weighted by atomic mass is 9.86. The number of nitrogens with one attached hydrogen (secondary N) is 1. The molecule has 0 bridgehead atoms. The van der Waals surface area contributed by atoms with Crippen LogP contribution in [-0.2, 0) is 11.2 Å². The molecule has 4 aromatic rings. The zero-order chi connectivity index (χ0) is 33.9. The number of hydrogen-bond acceptors (Lipinski definition) is 5. The molecule has 48 heavy (non-hydrogen) atoms. The summed E-state index contributed by atoms with van der Waals surface area (Å²) < 4.78 is 19.7. The highest BCUT2D eigenvalue weighted by Gasteiger charge is 2.39. The van der Waals surface area contributed by atoms with E-state index in [1.54, 1.807) is 23.5 Å². The summed E-state index contributed by atoms with van der Waals surface area (Å²) in [5.41, 5.74) is 4.67. The van der Waals surface area contributed by atoms with E-state index in [4.69, 9.17) is 9.73 Å². The van der Waals surface area contributed by atoms with Gasteiger partial charge in [0.25, 0.3) is 0 Å². The van der Waals surface area contributed by atoms with Crippen LogP contribution in [0.3, 0.4) is 0 Å². The number of unbranched alkanes of at least 4 members (excludes halogenated alkanes) is 4. The molecule has 0 radical (unpaired) electrons. The molecule has 254 valence electrons. The zero-order valence-electron chi connectivity index (χ0n) is 28.8. The van der Waals surface area contributed by atoms with E-state index in [1.807, 2.05) is 19.1 Å². The van der Waals surface area contributed by atoms with Gasteiger partial charge in [-0.25, -0.2) is 14.2 Å². The summed E-state index contributed by atoms with van der Waals surface area (Å²) in [6, 6.07) is 27.4. The molecule has 1 N–H and O–H groups in total. The Morgan fingerprint density at radius 2 is 1.50 bits per heavy atom. The van der Waals surface area contributed by atoms with Gasteiger partial charge in [-0.1, -0.05) is 100 Å². The molecular formula is C40H49FN4O2S. The number of carbonyl (C=O) groups excluding carboxylic acids is 1. The normalized spacial score (nSPS) is 16.4. The molecule has 6 nitrogen and oxygen atoms in total. The summed E-state index contributed by atoms with van der Waals surface area (Å²) in [5.74, 6) is 0.0325. The van der Waals surface area contributed by atoms with Crippen molar-refractivity contribution in [1.82, 2.24) is 9.80 Å². The molecule has 3 aromatic carbocycles. The quantitative estimate of drug-likeness (QED) is 0.0627. The van der Waals surface area contributed by atoms with Crippen LogP contribution in [0.2, 0.25) is 0 Å². The van der Waals surface area contributed by atoms with Gasteiger partial charge in [0.1, 0.15) is 16.4 Å². The highest BCUT2D eigenvalue weighted by atomic mass is 32.1. The van der Waals surface area contributed by atoms with Crippen LogP contribution >= 0.6 is 11.3 Å². The van der Waals surface area contributed by atoms with E-state index in [0.717, 1.165) is 67.7 Å². The minimum atomic E-state index is -0.346. The number of benzene rings is 3. The van der Waals surface area contributed by atoms with Gasteiger partial charge in [0.15, 0.2) is 0 Å². The van der Waals surface area contributed by atoms with Crippen molar-refractivity contribution in [3.8, 4) is 0 Å². The number of rotatable bonds is 14.